The summed E-state index contributed by atoms with van der Waals surface area (Å²) < 4.78 is 13.2. The van der Waals surface area contributed by atoms with Crippen LogP contribution in [0.4, 0.5) is 4.39 Å². The third-order valence-corrected chi connectivity index (χ3v) is 3.12. The van der Waals surface area contributed by atoms with Gasteiger partial charge in [-0.2, -0.15) is 0 Å². The Hall–Kier alpha value is -1.69. The summed E-state index contributed by atoms with van der Waals surface area (Å²) in [6, 6.07) is 14.1. The molecule has 5 heteroatoms. The van der Waals surface area contributed by atoms with Gasteiger partial charge in [-0.3, -0.25) is 4.90 Å². The zero-order valence-corrected chi connectivity index (χ0v) is 11.3. The van der Waals surface area contributed by atoms with Gasteiger partial charge in [-0.05, 0) is 35.8 Å². The van der Waals surface area contributed by atoms with E-state index in [1.54, 1.807) is 6.07 Å². The number of rotatable bonds is 5. The molecule has 104 valence electrons. The lowest BCUT2D eigenvalue weighted by atomic mass is 9.77. The fourth-order valence-corrected chi connectivity index (χ4v) is 2.19. The van der Waals surface area contributed by atoms with Gasteiger partial charge >= 0.3 is 7.12 Å². The van der Waals surface area contributed by atoms with Crippen LogP contribution in [0.3, 0.4) is 0 Å². The molecular formula is C15H17BFNO2. The Kier molecular flexibility index (Phi) is 4.90. The van der Waals surface area contributed by atoms with Crippen LogP contribution < -0.4 is 5.46 Å². The largest absolute Gasteiger partial charge is 0.488 e. The van der Waals surface area contributed by atoms with Crippen LogP contribution in [0.5, 0.6) is 0 Å². The Morgan fingerprint density at radius 3 is 2.40 bits per heavy atom. The van der Waals surface area contributed by atoms with E-state index in [1.807, 2.05) is 42.3 Å². The molecule has 2 aromatic carbocycles. The second-order valence-electron chi connectivity index (χ2n) is 4.87. The summed E-state index contributed by atoms with van der Waals surface area (Å²) in [5, 5.41) is 18.6. The minimum absolute atomic E-state index is 0.213. The summed E-state index contributed by atoms with van der Waals surface area (Å²) in [5.74, 6) is -0.470. The third-order valence-electron chi connectivity index (χ3n) is 3.12. The zero-order valence-electron chi connectivity index (χ0n) is 11.3. The minimum atomic E-state index is -1.66. The van der Waals surface area contributed by atoms with Gasteiger partial charge in [0, 0.05) is 13.1 Å². The molecule has 3 nitrogen and oxygen atoms in total. The van der Waals surface area contributed by atoms with E-state index in [4.69, 9.17) is 0 Å². The predicted octanol–water partition coefficient (Wildman–Crippen LogP) is 1.14. The average Bonchev–Trinajstić information content (AvgIpc) is 2.41. The Balaban J connectivity index is 2.09. The van der Waals surface area contributed by atoms with Gasteiger partial charge < -0.3 is 10.0 Å². The summed E-state index contributed by atoms with van der Waals surface area (Å²) >= 11 is 0. The second kappa shape index (κ2) is 6.66. The van der Waals surface area contributed by atoms with Crippen molar-refractivity contribution < 1.29 is 14.4 Å². The first-order valence-electron chi connectivity index (χ1n) is 6.43. The molecular weight excluding hydrogens is 256 g/mol. The highest BCUT2D eigenvalue weighted by Gasteiger charge is 2.17. The van der Waals surface area contributed by atoms with E-state index >= 15 is 0 Å². The van der Waals surface area contributed by atoms with Crippen molar-refractivity contribution in [3.63, 3.8) is 0 Å². The molecule has 0 amide bonds. The molecule has 20 heavy (non-hydrogen) atoms. The number of hydrogen-bond donors (Lipinski definition) is 2. The van der Waals surface area contributed by atoms with Crippen LogP contribution in [0, 0.1) is 5.82 Å². The van der Waals surface area contributed by atoms with Crippen molar-refractivity contribution in [2.45, 2.75) is 13.1 Å². The van der Waals surface area contributed by atoms with Gasteiger partial charge in [0.1, 0.15) is 5.82 Å². The molecule has 0 aromatic heterocycles. The molecule has 0 saturated carbocycles. The van der Waals surface area contributed by atoms with Crippen LogP contribution >= 0.6 is 0 Å². The van der Waals surface area contributed by atoms with E-state index in [0.717, 1.165) is 12.6 Å². The van der Waals surface area contributed by atoms with Gasteiger partial charge in [-0.1, -0.05) is 36.4 Å². The molecule has 0 aliphatic carbocycles. The Bertz CT molecular complexity index is 563. The molecule has 0 radical (unpaired) electrons. The average molecular weight is 273 g/mol. The molecule has 0 fully saturated rings. The van der Waals surface area contributed by atoms with Crippen LogP contribution in [0.15, 0.2) is 48.5 Å². The normalized spacial score (nSPS) is 10.8. The van der Waals surface area contributed by atoms with Crippen LogP contribution in [0.2, 0.25) is 0 Å². The molecule has 0 heterocycles. The highest BCUT2D eigenvalue weighted by Crippen LogP contribution is 2.08. The lowest BCUT2D eigenvalue weighted by molar-refractivity contribution is 0.319. The molecule has 0 spiro atoms. The van der Waals surface area contributed by atoms with Gasteiger partial charge in [-0.25, -0.2) is 4.39 Å². The van der Waals surface area contributed by atoms with Crippen molar-refractivity contribution >= 4 is 12.6 Å². The highest BCUT2D eigenvalue weighted by molar-refractivity contribution is 6.59. The Morgan fingerprint density at radius 1 is 1.05 bits per heavy atom. The summed E-state index contributed by atoms with van der Waals surface area (Å²) in [4.78, 5) is 2.04. The van der Waals surface area contributed by atoms with Gasteiger partial charge in [-0.15, -0.1) is 0 Å². The van der Waals surface area contributed by atoms with E-state index in [0.29, 0.717) is 12.1 Å². The van der Waals surface area contributed by atoms with E-state index in [1.165, 1.54) is 11.6 Å². The molecule has 2 N–H and O–H groups in total. The first-order chi connectivity index (χ1) is 9.56. The van der Waals surface area contributed by atoms with Crippen LogP contribution in [-0.4, -0.2) is 29.1 Å². The van der Waals surface area contributed by atoms with Gasteiger partial charge in [0.25, 0.3) is 0 Å². The Labute approximate surface area is 118 Å². The minimum Gasteiger partial charge on any atom is -0.423 e. The van der Waals surface area contributed by atoms with Gasteiger partial charge in [0.05, 0.1) is 0 Å². The standard InChI is InChI=1S/C15H17BFNO2/c1-18(10-12-5-3-2-4-6-12)11-13-7-8-14(17)9-15(13)16(19)20/h2-9,19-20H,10-11H2,1H3. The maximum atomic E-state index is 13.2. The van der Waals surface area contributed by atoms with Gasteiger partial charge in [0.2, 0.25) is 0 Å². The van der Waals surface area contributed by atoms with Crippen molar-refractivity contribution in [3.05, 3.63) is 65.5 Å². The fraction of sp³-hybridized carbons (Fsp3) is 0.200. The number of halogens is 1. The zero-order chi connectivity index (χ0) is 14.5. The second-order valence-corrected chi connectivity index (χ2v) is 4.87. The first kappa shape index (κ1) is 14.7. The predicted molar refractivity (Wildman–Crippen MR) is 77.8 cm³/mol. The molecule has 0 bridgehead atoms. The summed E-state index contributed by atoms with van der Waals surface area (Å²) in [6.07, 6.45) is 0. The lowest BCUT2D eigenvalue weighted by Crippen LogP contribution is -2.35. The van der Waals surface area contributed by atoms with E-state index in [9.17, 15) is 14.4 Å². The number of benzene rings is 2. The van der Waals surface area contributed by atoms with E-state index in [-0.39, 0.29) is 5.46 Å². The summed E-state index contributed by atoms with van der Waals surface area (Å²) in [6.45, 7) is 1.25. The molecule has 0 aliphatic heterocycles. The topological polar surface area (TPSA) is 43.7 Å². The lowest BCUT2D eigenvalue weighted by Gasteiger charge is -2.19. The first-order valence-corrected chi connectivity index (χ1v) is 6.43. The molecule has 0 aliphatic rings. The molecule has 2 aromatic rings. The SMILES string of the molecule is CN(Cc1ccccc1)Cc1ccc(F)cc1B(O)O. The van der Waals surface area contributed by atoms with E-state index in [2.05, 4.69) is 0 Å². The van der Waals surface area contributed by atoms with Crippen LogP contribution in [0.25, 0.3) is 0 Å². The van der Waals surface area contributed by atoms with Crippen LogP contribution in [-0.2, 0) is 13.1 Å². The quantitative estimate of drug-likeness (QED) is 0.803. The molecule has 0 unspecified atom stereocenters. The maximum absolute atomic E-state index is 13.2. The highest BCUT2D eigenvalue weighted by atomic mass is 19.1. The monoisotopic (exact) mass is 273 g/mol. The van der Waals surface area contributed by atoms with Crippen LogP contribution in [0.1, 0.15) is 11.1 Å². The summed E-state index contributed by atoms with van der Waals surface area (Å²) in [5.41, 5.74) is 2.09. The molecule has 0 atom stereocenters. The van der Waals surface area contributed by atoms with Crippen molar-refractivity contribution in [2.24, 2.45) is 0 Å². The third kappa shape index (κ3) is 3.90. The van der Waals surface area contributed by atoms with Crippen molar-refractivity contribution in [2.75, 3.05) is 7.05 Å². The summed E-state index contributed by atoms with van der Waals surface area (Å²) in [7, 11) is 0.273. The maximum Gasteiger partial charge on any atom is 0.488 e. The fourth-order valence-electron chi connectivity index (χ4n) is 2.19. The van der Waals surface area contributed by atoms with E-state index < -0.39 is 12.9 Å². The number of hydrogen-bond acceptors (Lipinski definition) is 3. The number of nitrogens with zero attached hydrogens (tertiary/aromatic N) is 1. The van der Waals surface area contributed by atoms with Crippen molar-refractivity contribution in [1.82, 2.24) is 4.90 Å². The smallest absolute Gasteiger partial charge is 0.423 e. The van der Waals surface area contributed by atoms with Crippen molar-refractivity contribution in [1.29, 1.82) is 0 Å². The molecule has 0 saturated heterocycles. The van der Waals surface area contributed by atoms with Gasteiger partial charge in [0.15, 0.2) is 0 Å². The van der Waals surface area contributed by atoms with Crippen molar-refractivity contribution in [3.8, 4) is 0 Å². The molecule has 2 rings (SSSR count). The Morgan fingerprint density at radius 2 is 1.75 bits per heavy atom.